The van der Waals surface area contributed by atoms with Crippen molar-refractivity contribution >= 4 is 11.5 Å². The number of hydrogen-bond acceptors (Lipinski definition) is 5. The summed E-state index contributed by atoms with van der Waals surface area (Å²) in [5.74, 6) is -0.221. The molecule has 0 radical (unpaired) electrons. The van der Waals surface area contributed by atoms with Crippen molar-refractivity contribution in [3.05, 3.63) is 40.4 Å². The summed E-state index contributed by atoms with van der Waals surface area (Å²) in [6, 6.07) is 5.07. The number of alkyl halides is 3. The fourth-order valence-electron chi connectivity index (χ4n) is 1.92. The quantitative estimate of drug-likeness (QED) is 0.936. The van der Waals surface area contributed by atoms with E-state index in [-0.39, 0.29) is 17.2 Å². The first-order chi connectivity index (χ1) is 9.79. The SMILES string of the molecule is CC(C)c1nnsc1C(N)c1ccccc1OC(F)(F)F. The molecular weight excluding hydrogens is 303 g/mol. The normalized spacial score (nSPS) is 13.5. The molecule has 0 bridgehead atoms. The van der Waals surface area contributed by atoms with Gasteiger partial charge in [-0.1, -0.05) is 36.5 Å². The minimum absolute atomic E-state index is 0.0838. The van der Waals surface area contributed by atoms with E-state index in [4.69, 9.17) is 5.73 Å². The lowest BCUT2D eigenvalue weighted by Crippen LogP contribution is -2.21. The van der Waals surface area contributed by atoms with Crippen molar-refractivity contribution in [2.45, 2.75) is 32.2 Å². The number of nitrogens with two attached hydrogens (primary N) is 1. The maximum atomic E-state index is 12.4. The first-order valence-electron chi connectivity index (χ1n) is 6.22. The number of halogens is 3. The van der Waals surface area contributed by atoms with E-state index in [9.17, 15) is 13.2 Å². The smallest absolute Gasteiger partial charge is 0.405 e. The van der Waals surface area contributed by atoms with Crippen molar-refractivity contribution in [2.24, 2.45) is 5.73 Å². The van der Waals surface area contributed by atoms with Gasteiger partial charge in [-0.15, -0.1) is 18.3 Å². The highest BCUT2D eigenvalue weighted by Gasteiger charge is 2.33. The van der Waals surface area contributed by atoms with Crippen LogP contribution >= 0.6 is 11.5 Å². The van der Waals surface area contributed by atoms with Crippen molar-refractivity contribution in [1.82, 2.24) is 9.59 Å². The zero-order chi connectivity index (χ0) is 15.6. The summed E-state index contributed by atoms with van der Waals surface area (Å²) >= 11 is 1.08. The summed E-state index contributed by atoms with van der Waals surface area (Å²) < 4.78 is 45.2. The van der Waals surface area contributed by atoms with Crippen molar-refractivity contribution in [1.29, 1.82) is 0 Å². The van der Waals surface area contributed by atoms with Crippen molar-refractivity contribution in [2.75, 3.05) is 0 Å². The van der Waals surface area contributed by atoms with Crippen LogP contribution in [0.2, 0.25) is 0 Å². The molecule has 1 atom stereocenters. The average Bonchev–Trinajstić information content (AvgIpc) is 2.86. The third-order valence-corrected chi connectivity index (χ3v) is 3.67. The van der Waals surface area contributed by atoms with E-state index in [1.165, 1.54) is 18.2 Å². The van der Waals surface area contributed by atoms with E-state index in [2.05, 4.69) is 14.3 Å². The highest BCUT2D eigenvalue weighted by atomic mass is 32.1. The topological polar surface area (TPSA) is 61.0 Å². The zero-order valence-corrected chi connectivity index (χ0v) is 12.2. The van der Waals surface area contributed by atoms with Gasteiger partial charge in [0.1, 0.15) is 5.75 Å². The average molecular weight is 317 g/mol. The van der Waals surface area contributed by atoms with Crippen LogP contribution in [0.3, 0.4) is 0 Å². The van der Waals surface area contributed by atoms with Gasteiger partial charge in [0, 0.05) is 5.56 Å². The van der Waals surface area contributed by atoms with Gasteiger partial charge in [-0.05, 0) is 23.5 Å². The molecule has 0 spiro atoms. The highest BCUT2D eigenvalue weighted by Crippen LogP contribution is 2.35. The first kappa shape index (κ1) is 15.7. The van der Waals surface area contributed by atoms with Crippen molar-refractivity contribution in [3.8, 4) is 5.75 Å². The molecule has 2 N–H and O–H groups in total. The van der Waals surface area contributed by atoms with E-state index < -0.39 is 12.4 Å². The highest BCUT2D eigenvalue weighted by molar-refractivity contribution is 7.05. The lowest BCUT2D eigenvalue weighted by atomic mass is 10.0. The van der Waals surface area contributed by atoms with E-state index >= 15 is 0 Å². The molecule has 0 saturated heterocycles. The molecule has 2 rings (SSSR count). The third kappa shape index (κ3) is 3.70. The molecule has 0 fully saturated rings. The fourth-order valence-corrected chi connectivity index (χ4v) is 2.74. The Morgan fingerprint density at radius 3 is 2.52 bits per heavy atom. The summed E-state index contributed by atoms with van der Waals surface area (Å²) in [5, 5.41) is 3.99. The molecule has 114 valence electrons. The zero-order valence-electron chi connectivity index (χ0n) is 11.4. The summed E-state index contributed by atoms with van der Waals surface area (Å²) in [6.07, 6.45) is -4.76. The standard InChI is InChI=1S/C13H14F3N3OS/c1-7(2)11-12(21-19-18-11)10(17)8-5-3-4-6-9(8)20-13(14,15)16/h3-7,10H,17H2,1-2H3. The minimum Gasteiger partial charge on any atom is -0.405 e. The van der Waals surface area contributed by atoms with Gasteiger partial charge in [0.2, 0.25) is 0 Å². The fraction of sp³-hybridized carbons (Fsp3) is 0.385. The van der Waals surface area contributed by atoms with Crippen molar-refractivity contribution < 1.29 is 17.9 Å². The Kier molecular flexibility index (Phi) is 4.48. The third-order valence-electron chi connectivity index (χ3n) is 2.85. The molecule has 1 unspecified atom stereocenters. The number of hydrogen-bond donors (Lipinski definition) is 1. The van der Waals surface area contributed by atoms with Gasteiger partial charge in [-0.2, -0.15) is 0 Å². The first-order valence-corrected chi connectivity index (χ1v) is 6.99. The lowest BCUT2D eigenvalue weighted by molar-refractivity contribution is -0.274. The van der Waals surface area contributed by atoms with Gasteiger partial charge in [0.15, 0.2) is 0 Å². The van der Waals surface area contributed by atoms with Crippen LogP contribution in [0.1, 0.15) is 41.9 Å². The Bertz CT molecular complexity index is 613. The van der Waals surface area contributed by atoms with Crippen LogP contribution in [-0.2, 0) is 0 Å². The largest absolute Gasteiger partial charge is 0.573 e. The van der Waals surface area contributed by atoms with Crippen LogP contribution in [0.5, 0.6) is 5.75 Å². The maximum absolute atomic E-state index is 12.4. The van der Waals surface area contributed by atoms with Crippen LogP contribution in [0.4, 0.5) is 13.2 Å². The predicted octanol–water partition coefficient (Wildman–Crippen LogP) is 3.61. The molecule has 4 nitrogen and oxygen atoms in total. The Morgan fingerprint density at radius 1 is 1.24 bits per heavy atom. The van der Waals surface area contributed by atoms with Gasteiger partial charge in [0.05, 0.1) is 16.6 Å². The Labute approximate surface area is 123 Å². The van der Waals surface area contributed by atoms with Crippen LogP contribution in [0.25, 0.3) is 0 Å². The van der Waals surface area contributed by atoms with E-state index in [1.54, 1.807) is 6.07 Å². The summed E-state index contributed by atoms with van der Waals surface area (Å²) in [6.45, 7) is 3.84. The molecule has 0 amide bonds. The Hall–Kier alpha value is -1.67. The van der Waals surface area contributed by atoms with Crippen molar-refractivity contribution in [3.63, 3.8) is 0 Å². The molecule has 1 aromatic heterocycles. The monoisotopic (exact) mass is 317 g/mol. The van der Waals surface area contributed by atoms with Gasteiger partial charge < -0.3 is 10.5 Å². The summed E-state index contributed by atoms with van der Waals surface area (Å²) in [7, 11) is 0. The summed E-state index contributed by atoms with van der Waals surface area (Å²) in [4.78, 5) is 0.642. The molecule has 0 saturated carbocycles. The Balaban J connectivity index is 2.39. The van der Waals surface area contributed by atoms with Gasteiger partial charge in [-0.25, -0.2) is 0 Å². The number of aromatic nitrogens is 2. The van der Waals surface area contributed by atoms with Crippen LogP contribution < -0.4 is 10.5 Å². The number of nitrogens with zero attached hydrogens (tertiary/aromatic N) is 2. The molecular formula is C13H14F3N3OS. The number of ether oxygens (including phenoxy) is 1. The predicted molar refractivity (Wildman–Crippen MR) is 73.2 cm³/mol. The molecule has 2 aromatic rings. The molecule has 0 aliphatic carbocycles. The second-order valence-electron chi connectivity index (χ2n) is 4.74. The molecule has 0 aliphatic heterocycles. The van der Waals surface area contributed by atoms with Gasteiger partial charge in [0.25, 0.3) is 0 Å². The molecule has 1 heterocycles. The molecule has 0 aliphatic rings. The van der Waals surface area contributed by atoms with Gasteiger partial charge >= 0.3 is 6.36 Å². The lowest BCUT2D eigenvalue weighted by Gasteiger charge is -2.18. The van der Waals surface area contributed by atoms with Gasteiger partial charge in [-0.3, -0.25) is 0 Å². The number of benzene rings is 1. The van der Waals surface area contributed by atoms with Crippen LogP contribution in [-0.4, -0.2) is 15.9 Å². The van der Waals surface area contributed by atoms with E-state index in [0.717, 1.165) is 11.5 Å². The number of para-hydroxylation sites is 1. The molecule has 1 aromatic carbocycles. The van der Waals surface area contributed by atoms with E-state index in [1.807, 2.05) is 13.8 Å². The molecule has 21 heavy (non-hydrogen) atoms. The minimum atomic E-state index is -4.76. The summed E-state index contributed by atoms with van der Waals surface area (Å²) in [5.41, 5.74) is 7.04. The van der Waals surface area contributed by atoms with Crippen LogP contribution in [0.15, 0.2) is 24.3 Å². The maximum Gasteiger partial charge on any atom is 0.573 e. The van der Waals surface area contributed by atoms with E-state index in [0.29, 0.717) is 10.6 Å². The van der Waals surface area contributed by atoms with Crippen LogP contribution in [0, 0.1) is 0 Å². The number of rotatable bonds is 4. The second kappa shape index (κ2) is 5.98. The Morgan fingerprint density at radius 2 is 1.90 bits per heavy atom. The second-order valence-corrected chi connectivity index (χ2v) is 5.53. The molecule has 8 heteroatoms.